The molecule has 5 rings (SSSR count). The summed E-state index contributed by atoms with van der Waals surface area (Å²) in [6.07, 6.45) is -2.15. The van der Waals surface area contributed by atoms with E-state index in [2.05, 4.69) is 24.9 Å². The van der Waals surface area contributed by atoms with E-state index in [0.717, 1.165) is 23.1 Å². The van der Waals surface area contributed by atoms with Crippen LogP contribution in [0.5, 0.6) is 11.6 Å². The third-order valence-electron chi connectivity index (χ3n) is 6.71. The van der Waals surface area contributed by atoms with Crippen molar-refractivity contribution >= 4 is 38.5 Å². The van der Waals surface area contributed by atoms with Gasteiger partial charge in [-0.25, -0.2) is 13.9 Å². The number of benzene rings is 2. The van der Waals surface area contributed by atoms with Crippen LogP contribution in [0, 0.1) is 0 Å². The van der Waals surface area contributed by atoms with E-state index in [-0.39, 0.29) is 40.9 Å². The number of halogens is 3. The highest BCUT2D eigenvalue weighted by atomic mass is 32.2. The van der Waals surface area contributed by atoms with Crippen LogP contribution < -0.4 is 14.8 Å². The van der Waals surface area contributed by atoms with Gasteiger partial charge in [0.2, 0.25) is 11.8 Å². The summed E-state index contributed by atoms with van der Waals surface area (Å²) in [5.41, 5.74) is -0.724. The SMILES string of the molecule is CC(=O)Nc1cc(Oc2ccc3c(ccn3S(=O)(=O)Nc3ccc(CN4CCN(C)CC4)c(C(F)(F)F)c3)c2)ncn1. The molecular weight excluding hydrogens is 575 g/mol. The van der Waals surface area contributed by atoms with Gasteiger partial charge in [0, 0.05) is 57.3 Å². The summed E-state index contributed by atoms with van der Waals surface area (Å²) in [7, 11) is -2.35. The Labute approximate surface area is 240 Å². The minimum atomic E-state index is -4.66. The zero-order chi connectivity index (χ0) is 30.1. The van der Waals surface area contributed by atoms with Crippen molar-refractivity contribution in [2.24, 2.45) is 0 Å². The second-order valence-corrected chi connectivity index (χ2v) is 11.5. The Bertz CT molecular complexity index is 1720. The molecule has 42 heavy (non-hydrogen) atoms. The van der Waals surface area contributed by atoms with E-state index in [1.165, 1.54) is 55.8 Å². The highest BCUT2D eigenvalue weighted by Gasteiger charge is 2.34. The normalized spacial score (nSPS) is 15.1. The van der Waals surface area contributed by atoms with Crippen molar-refractivity contribution in [2.75, 3.05) is 43.3 Å². The van der Waals surface area contributed by atoms with Crippen molar-refractivity contribution in [3.63, 3.8) is 0 Å². The first-order valence-corrected chi connectivity index (χ1v) is 14.3. The molecule has 1 fully saturated rings. The number of aromatic nitrogens is 3. The lowest BCUT2D eigenvalue weighted by molar-refractivity contribution is -0.138. The van der Waals surface area contributed by atoms with Crippen molar-refractivity contribution in [2.45, 2.75) is 19.6 Å². The number of alkyl halides is 3. The summed E-state index contributed by atoms with van der Waals surface area (Å²) in [5, 5.41) is 3.01. The van der Waals surface area contributed by atoms with E-state index in [9.17, 15) is 26.4 Å². The Morgan fingerprint density at radius 3 is 2.50 bits per heavy atom. The van der Waals surface area contributed by atoms with Crippen LogP contribution in [-0.4, -0.2) is 71.3 Å². The standard InChI is InChI=1S/C27H28F3N7O4S/c1-18(38)33-25-15-26(32-17-31-25)41-22-5-6-24-19(13-22)7-8-37(24)42(39,40)34-21-4-3-20(23(14-21)27(28,29)30)16-36-11-9-35(2)10-12-36/h3-8,13-15,17,34H,9-12,16H2,1-2H3,(H,31,32,33,38). The number of piperazine rings is 1. The second kappa shape index (κ2) is 11.6. The molecule has 0 atom stereocenters. The molecule has 1 aliphatic heterocycles. The fourth-order valence-corrected chi connectivity index (χ4v) is 5.79. The van der Waals surface area contributed by atoms with Gasteiger partial charge in [0.05, 0.1) is 16.8 Å². The minimum Gasteiger partial charge on any atom is -0.439 e. The van der Waals surface area contributed by atoms with Crippen molar-refractivity contribution in [1.29, 1.82) is 0 Å². The summed E-state index contributed by atoms with van der Waals surface area (Å²) >= 11 is 0. The number of hydrogen-bond donors (Lipinski definition) is 2. The van der Waals surface area contributed by atoms with E-state index >= 15 is 0 Å². The number of nitrogens with one attached hydrogen (secondary N) is 2. The average Bonchev–Trinajstić information content (AvgIpc) is 3.34. The third kappa shape index (κ3) is 6.80. The highest BCUT2D eigenvalue weighted by Crippen LogP contribution is 2.35. The van der Waals surface area contributed by atoms with Crippen molar-refractivity contribution in [3.05, 3.63) is 72.2 Å². The predicted molar refractivity (Wildman–Crippen MR) is 151 cm³/mol. The summed E-state index contributed by atoms with van der Waals surface area (Å²) in [4.78, 5) is 23.2. The number of likely N-dealkylation sites (N-methyl/N-ethyl adjacent to an activating group) is 1. The number of rotatable bonds is 8. The lowest BCUT2D eigenvalue weighted by atomic mass is 10.1. The summed E-state index contributed by atoms with van der Waals surface area (Å²) in [6.45, 7) is 4.27. The maximum Gasteiger partial charge on any atom is 0.416 e. The van der Waals surface area contributed by atoms with Gasteiger partial charge in [0.25, 0.3) is 0 Å². The number of ether oxygens (including phenoxy) is 1. The Hall–Kier alpha value is -4.21. The van der Waals surface area contributed by atoms with Crippen molar-refractivity contribution in [3.8, 4) is 11.6 Å². The number of carbonyl (C=O) groups is 1. The van der Waals surface area contributed by atoms with Crippen LogP contribution in [0.2, 0.25) is 0 Å². The van der Waals surface area contributed by atoms with Gasteiger partial charge >= 0.3 is 16.4 Å². The minimum absolute atomic E-state index is 0.0850. The van der Waals surface area contributed by atoms with Crippen LogP contribution in [-0.2, 0) is 27.7 Å². The fraction of sp³-hybridized carbons (Fsp3) is 0.296. The smallest absolute Gasteiger partial charge is 0.416 e. The van der Waals surface area contributed by atoms with E-state index in [1.54, 1.807) is 6.07 Å². The topological polar surface area (TPSA) is 122 Å². The van der Waals surface area contributed by atoms with Crippen molar-refractivity contribution in [1.82, 2.24) is 23.7 Å². The van der Waals surface area contributed by atoms with Gasteiger partial charge < -0.3 is 15.0 Å². The van der Waals surface area contributed by atoms with Gasteiger partial charge in [-0.2, -0.15) is 21.6 Å². The zero-order valence-corrected chi connectivity index (χ0v) is 23.5. The molecule has 2 aromatic carbocycles. The van der Waals surface area contributed by atoms with Gasteiger partial charge in [-0.1, -0.05) is 6.07 Å². The molecule has 2 aromatic heterocycles. The molecule has 3 heterocycles. The maximum absolute atomic E-state index is 14.0. The summed E-state index contributed by atoms with van der Waals surface area (Å²) < 4.78 is 77.4. The van der Waals surface area contributed by atoms with E-state index in [4.69, 9.17) is 4.74 Å². The van der Waals surface area contributed by atoms with Crippen molar-refractivity contribution < 1.29 is 31.1 Å². The van der Waals surface area contributed by atoms with Crippen LogP contribution in [0.15, 0.2) is 61.1 Å². The largest absolute Gasteiger partial charge is 0.439 e. The number of nitrogens with zero attached hydrogens (tertiary/aromatic N) is 5. The summed E-state index contributed by atoms with van der Waals surface area (Å²) in [6, 6.07) is 11.0. The Morgan fingerprint density at radius 1 is 1.02 bits per heavy atom. The molecule has 0 spiro atoms. The lowest BCUT2D eigenvalue weighted by Crippen LogP contribution is -2.44. The van der Waals surface area contributed by atoms with E-state index in [0.29, 0.717) is 24.2 Å². The monoisotopic (exact) mass is 603 g/mol. The lowest BCUT2D eigenvalue weighted by Gasteiger charge is -2.33. The van der Waals surface area contributed by atoms with Crippen LogP contribution in [0.4, 0.5) is 24.7 Å². The first kappa shape index (κ1) is 29.3. The number of hydrogen-bond acceptors (Lipinski definition) is 8. The molecule has 11 nitrogen and oxygen atoms in total. The van der Waals surface area contributed by atoms with Crippen LogP contribution in [0.25, 0.3) is 10.9 Å². The highest BCUT2D eigenvalue weighted by molar-refractivity contribution is 7.91. The number of carbonyl (C=O) groups excluding carboxylic acids is 1. The third-order valence-corrected chi connectivity index (χ3v) is 8.04. The second-order valence-electron chi connectivity index (χ2n) is 9.91. The van der Waals surface area contributed by atoms with Gasteiger partial charge in [-0.3, -0.25) is 14.4 Å². The molecular formula is C27H28F3N7O4S. The molecule has 1 saturated heterocycles. The van der Waals surface area contributed by atoms with E-state index in [1.807, 2.05) is 11.9 Å². The molecule has 1 amide bonds. The van der Waals surface area contributed by atoms with Crippen LogP contribution in [0.3, 0.4) is 0 Å². The van der Waals surface area contributed by atoms with Crippen LogP contribution >= 0.6 is 0 Å². The molecule has 0 unspecified atom stereocenters. The molecule has 2 N–H and O–H groups in total. The first-order chi connectivity index (χ1) is 19.9. The molecule has 0 radical (unpaired) electrons. The average molecular weight is 604 g/mol. The molecule has 0 aliphatic carbocycles. The number of fused-ring (bicyclic) bond motifs is 1. The molecule has 1 aliphatic rings. The molecule has 222 valence electrons. The van der Waals surface area contributed by atoms with Gasteiger partial charge in [0.15, 0.2) is 0 Å². The Morgan fingerprint density at radius 2 is 1.79 bits per heavy atom. The zero-order valence-electron chi connectivity index (χ0n) is 22.7. The quantitative estimate of drug-likeness (QED) is 0.308. The van der Waals surface area contributed by atoms with Crippen LogP contribution in [0.1, 0.15) is 18.1 Å². The predicted octanol–water partition coefficient (Wildman–Crippen LogP) is 4.15. The molecule has 0 bridgehead atoms. The van der Waals surface area contributed by atoms with Gasteiger partial charge in [0.1, 0.15) is 17.9 Å². The number of amides is 1. The first-order valence-electron chi connectivity index (χ1n) is 12.9. The number of anilines is 2. The molecule has 0 saturated carbocycles. The Kier molecular flexibility index (Phi) is 8.08. The van der Waals surface area contributed by atoms with E-state index < -0.39 is 21.9 Å². The fourth-order valence-electron chi connectivity index (χ4n) is 4.62. The van der Waals surface area contributed by atoms with Gasteiger partial charge in [-0.15, -0.1) is 0 Å². The molecule has 15 heteroatoms. The maximum atomic E-state index is 14.0. The van der Waals surface area contributed by atoms with Gasteiger partial charge in [-0.05, 0) is 49.0 Å². The molecule has 4 aromatic rings. The summed E-state index contributed by atoms with van der Waals surface area (Å²) in [5.74, 6) is 0.425. The Balaban J connectivity index is 1.35.